The number of carbonyl (C=O) groups is 1. The standard InChI is InChI=1S/C16H13BrClN3O/c1-10-6-12(17)2-4-14(10)21-16(22)9-20-15-5-3-13(18)7-11(15)8-19/h2-7,20H,9H2,1H3,(H,21,22). The van der Waals surface area contributed by atoms with Crippen LogP contribution in [0.5, 0.6) is 0 Å². The third kappa shape index (κ3) is 4.23. The van der Waals surface area contributed by atoms with E-state index in [0.29, 0.717) is 16.3 Å². The molecular weight excluding hydrogens is 366 g/mol. The molecule has 0 aliphatic rings. The van der Waals surface area contributed by atoms with E-state index >= 15 is 0 Å². The molecule has 0 radical (unpaired) electrons. The van der Waals surface area contributed by atoms with Crippen LogP contribution in [0.25, 0.3) is 0 Å². The minimum Gasteiger partial charge on any atom is -0.375 e. The highest BCUT2D eigenvalue weighted by Crippen LogP contribution is 2.21. The number of nitrogens with zero attached hydrogens (tertiary/aromatic N) is 1. The number of hydrogen-bond acceptors (Lipinski definition) is 3. The number of carbonyl (C=O) groups excluding carboxylic acids is 1. The molecule has 0 unspecified atom stereocenters. The van der Waals surface area contributed by atoms with Gasteiger partial charge in [-0.25, -0.2) is 0 Å². The van der Waals surface area contributed by atoms with Gasteiger partial charge in [0.2, 0.25) is 5.91 Å². The number of aryl methyl sites for hydroxylation is 1. The summed E-state index contributed by atoms with van der Waals surface area (Å²) in [4.78, 5) is 12.0. The monoisotopic (exact) mass is 377 g/mol. The van der Waals surface area contributed by atoms with Crippen LogP contribution in [0, 0.1) is 18.3 Å². The van der Waals surface area contributed by atoms with Gasteiger partial charge in [-0.1, -0.05) is 27.5 Å². The Labute approximate surface area is 142 Å². The third-order valence-electron chi connectivity index (χ3n) is 3.00. The van der Waals surface area contributed by atoms with Crippen molar-refractivity contribution in [3.63, 3.8) is 0 Å². The molecule has 0 spiro atoms. The van der Waals surface area contributed by atoms with Gasteiger partial charge in [0, 0.05) is 15.2 Å². The van der Waals surface area contributed by atoms with E-state index in [2.05, 4.69) is 26.6 Å². The average Bonchev–Trinajstić information content (AvgIpc) is 2.48. The maximum atomic E-state index is 12.0. The van der Waals surface area contributed by atoms with Gasteiger partial charge in [-0.2, -0.15) is 5.26 Å². The lowest BCUT2D eigenvalue weighted by Gasteiger charge is -2.11. The maximum Gasteiger partial charge on any atom is 0.243 e. The van der Waals surface area contributed by atoms with Gasteiger partial charge in [0.25, 0.3) is 0 Å². The first-order valence-corrected chi connectivity index (χ1v) is 7.66. The van der Waals surface area contributed by atoms with E-state index in [-0.39, 0.29) is 12.5 Å². The second kappa shape index (κ2) is 7.30. The maximum absolute atomic E-state index is 12.0. The molecule has 0 atom stereocenters. The number of amides is 1. The Morgan fingerprint density at radius 2 is 2.00 bits per heavy atom. The van der Waals surface area contributed by atoms with Crippen molar-refractivity contribution in [1.29, 1.82) is 5.26 Å². The molecule has 0 aromatic heterocycles. The second-order valence-corrected chi connectivity index (χ2v) is 6.01. The molecule has 2 rings (SSSR count). The summed E-state index contributed by atoms with van der Waals surface area (Å²) in [6.45, 7) is 1.98. The van der Waals surface area contributed by atoms with Crippen molar-refractivity contribution in [2.45, 2.75) is 6.92 Å². The summed E-state index contributed by atoms with van der Waals surface area (Å²) < 4.78 is 0.959. The molecule has 0 saturated heterocycles. The third-order valence-corrected chi connectivity index (χ3v) is 3.73. The summed E-state index contributed by atoms with van der Waals surface area (Å²) in [6.07, 6.45) is 0. The van der Waals surface area contributed by atoms with Gasteiger partial charge < -0.3 is 10.6 Å². The van der Waals surface area contributed by atoms with Crippen molar-refractivity contribution in [3.8, 4) is 6.07 Å². The number of anilines is 2. The Bertz CT molecular complexity index is 756. The van der Waals surface area contributed by atoms with Crippen LogP contribution < -0.4 is 10.6 Å². The Morgan fingerprint density at radius 1 is 1.27 bits per heavy atom. The first kappa shape index (κ1) is 16.3. The van der Waals surface area contributed by atoms with Gasteiger partial charge in [0.15, 0.2) is 0 Å². The van der Waals surface area contributed by atoms with E-state index in [9.17, 15) is 4.79 Å². The number of nitriles is 1. The van der Waals surface area contributed by atoms with Crippen LogP contribution in [0.3, 0.4) is 0 Å². The largest absolute Gasteiger partial charge is 0.375 e. The molecule has 2 aromatic rings. The minimum absolute atomic E-state index is 0.0613. The molecule has 112 valence electrons. The van der Waals surface area contributed by atoms with Crippen molar-refractivity contribution < 1.29 is 4.79 Å². The molecule has 0 fully saturated rings. The number of nitrogens with one attached hydrogen (secondary N) is 2. The molecule has 4 nitrogen and oxygen atoms in total. The van der Waals surface area contributed by atoms with Crippen molar-refractivity contribution in [2.75, 3.05) is 17.2 Å². The zero-order valence-corrected chi connectivity index (χ0v) is 14.1. The topological polar surface area (TPSA) is 64.9 Å². The Hall–Kier alpha value is -2.03. The first-order valence-electron chi connectivity index (χ1n) is 6.49. The fourth-order valence-corrected chi connectivity index (χ4v) is 2.55. The lowest BCUT2D eigenvalue weighted by atomic mass is 10.2. The van der Waals surface area contributed by atoms with Gasteiger partial charge in [0.1, 0.15) is 6.07 Å². The van der Waals surface area contributed by atoms with E-state index in [1.54, 1.807) is 18.2 Å². The van der Waals surface area contributed by atoms with Crippen molar-refractivity contribution in [1.82, 2.24) is 0 Å². The smallest absolute Gasteiger partial charge is 0.243 e. The number of rotatable bonds is 4. The fraction of sp³-hybridized carbons (Fsp3) is 0.125. The fourth-order valence-electron chi connectivity index (χ4n) is 1.90. The summed E-state index contributed by atoms with van der Waals surface area (Å²) in [5.74, 6) is -0.190. The number of benzene rings is 2. The van der Waals surface area contributed by atoms with Crippen molar-refractivity contribution >= 4 is 44.8 Å². The molecule has 0 aliphatic carbocycles. The van der Waals surface area contributed by atoms with E-state index in [1.807, 2.05) is 31.2 Å². The molecule has 2 N–H and O–H groups in total. The van der Waals surface area contributed by atoms with Crippen LogP contribution >= 0.6 is 27.5 Å². The Kier molecular flexibility index (Phi) is 5.42. The van der Waals surface area contributed by atoms with E-state index in [4.69, 9.17) is 16.9 Å². The molecule has 2 aromatic carbocycles. The Balaban J connectivity index is 2.00. The van der Waals surface area contributed by atoms with Gasteiger partial charge in [-0.15, -0.1) is 0 Å². The predicted molar refractivity (Wildman–Crippen MR) is 92.2 cm³/mol. The summed E-state index contributed by atoms with van der Waals surface area (Å²) in [6, 6.07) is 12.6. The molecule has 0 bridgehead atoms. The normalized spacial score (nSPS) is 9.91. The van der Waals surface area contributed by atoms with Crippen LogP contribution in [0.4, 0.5) is 11.4 Å². The number of hydrogen-bond donors (Lipinski definition) is 2. The summed E-state index contributed by atoms with van der Waals surface area (Å²) in [5, 5.41) is 15.3. The highest BCUT2D eigenvalue weighted by molar-refractivity contribution is 9.10. The molecular formula is C16H13BrClN3O. The van der Waals surface area contributed by atoms with Gasteiger partial charge in [-0.3, -0.25) is 4.79 Å². The summed E-state index contributed by atoms with van der Waals surface area (Å²) >= 11 is 9.21. The van der Waals surface area contributed by atoms with Crippen LogP contribution in [0.1, 0.15) is 11.1 Å². The van der Waals surface area contributed by atoms with Crippen LogP contribution in [-0.2, 0) is 4.79 Å². The highest BCUT2D eigenvalue weighted by atomic mass is 79.9. The minimum atomic E-state index is -0.190. The van der Waals surface area contributed by atoms with Crippen LogP contribution in [-0.4, -0.2) is 12.5 Å². The van der Waals surface area contributed by atoms with Gasteiger partial charge >= 0.3 is 0 Å². The molecule has 0 heterocycles. The molecule has 0 saturated carbocycles. The average molecular weight is 379 g/mol. The number of halogens is 2. The zero-order valence-electron chi connectivity index (χ0n) is 11.8. The van der Waals surface area contributed by atoms with E-state index in [1.165, 1.54) is 0 Å². The molecule has 6 heteroatoms. The second-order valence-electron chi connectivity index (χ2n) is 4.66. The lowest BCUT2D eigenvalue weighted by Crippen LogP contribution is -2.22. The van der Waals surface area contributed by atoms with Gasteiger partial charge in [0.05, 0.1) is 17.8 Å². The van der Waals surface area contributed by atoms with Crippen LogP contribution in [0.15, 0.2) is 40.9 Å². The van der Waals surface area contributed by atoms with Crippen molar-refractivity contribution in [3.05, 3.63) is 57.0 Å². The lowest BCUT2D eigenvalue weighted by molar-refractivity contribution is -0.114. The van der Waals surface area contributed by atoms with Gasteiger partial charge in [-0.05, 0) is 48.9 Å². The van der Waals surface area contributed by atoms with E-state index < -0.39 is 0 Å². The summed E-state index contributed by atoms with van der Waals surface area (Å²) in [5.41, 5.74) is 2.70. The van der Waals surface area contributed by atoms with E-state index in [0.717, 1.165) is 15.7 Å². The summed E-state index contributed by atoms with van der Waals surface area (Å²) in [7, 11) is 0. The Morgan fingerprint density at radius 3 is 2.68 bits per heavy atom. The highest BCUT2D eigenvalue weighted by Gasteiger charge is 2.07. The predicted octanol–water partition coefficient (Wildman–Crippen LogP) is 4.33. The zero-order chi connectivity index (χ0) is 16.1. The quantitative estimate of drug-likeness (QED) is 0.832. The molecule has 0 aliphatic heterocycles. The SMILES string of the molecule is Cc1cc(Br)ccc1NC(=O)CNc1ccc(Cl)cc1C#N. The van der Waals surface area contributed by atoms with Crippen molar-refractivity contribution in [2.24, 2.45) is 0 Å². The first-order chi connectivity index (χ1) is 10.5. The molecule has 1 amide bonds. The molecule has 22 heavy (non-hydrogen) atoms. The van der Waals surface area contributed by atoms with Crippen LogP contribution in [0.2, 0.25) is 5.02 Å².